The average molecular weight is 269 g/mol. The van der Waals surface area contributed by atoms with Crippen molar-refractivity contribution in [2.75, 3.05) is 0 Å². The minimum atomic E-state index is -5.58. The van der Waals surface area contributed by atoms with E-state index < -0.39 is 24.7 Å². The summed E-state index contributed by atoms with van der Waals surface area (Å²) in [6.07, 6.45) is -4.41. The second kappa shape index (κ2) is 5.72. The zero-order valence-electron chi connectivity index (χ0n) is 7.93. The van der Waals surface area contributed by atoms with Crippen LogP contribution in [0.3, 0.4) is 0 Å². The van der Waals surface area contributed by atoms with Gasteiger partial charge < -0.3 is 17.7 Å². The fourth-order valence-electron chi connectivity index (χ4n) is 0.847. The molecule has 0 amide bonds. The van der Waals surface area contributed by atoms with Gasteiger partial charge in [0.1, 0.15) is 0 Å². The van der Waals surface area contributed by atoms with Crippen molar-refractivity contribution >= 4 is 12.4 Å². The van der Waals surface area contributed by atoms with E-state index in [0.717, 1.165) is 12.3 Å². The van der Waals surface area contributed by atoms with E-state index in [1.54, 1.807) is 0 Å². The van der Waals surface area contributed by atoms with Gasteiger partial charge in [-0.05, 0) is 11.5 Å². The SMILES string of the molecule is F[B-](F)(F)c1cccnc1OC(F)(F)F.[K+]. The summed E-state index contributed by atoms with van der Waals surface area (Å²) in [5.74, 6) is -1.47. The quantitative estimate of drug-likeness (QED) is 0.509. The fraction of sp³-hybridized carbons (Fsp3) is 0.167. The Labute approximate surface area is 129 Å². The number of pyridine rings is 1. The van der Waals surface area contributed by atoms with Crippen LogP contribution in [0.25, 0.3) is 0 Å². The largest absolute Gasteiger partial charge is 1.00 e. The first-order valence-corrected chi connectivity index (χ1v) is 3.61. The maximum atomic E-state index is 12.2. The molecule has 0 N–H and O–H groups in total. The molecule has 0 aliphatic rings. The number of halogens is 6. The summed E-state index contributed by atoms with van der Waals surface area (Å²) in [5.41, 5.74) is -1.50. The van der Waals surface area contributed by atoms with E-state index in [4.69, 9.17) is 0 Å². The molecule has 16 heavy (non-hydrogen) atoms. The Morgan fingerprint density at radius 2 is 1.75 bits per heavy atom. The van der Waals surface area contributed by atoms with E-state index in [0.29, 0.717) is 6.07 Å². The molecule has 2 nitrogen and oxygen atoms in total. The van der Waals surface area contributed by atoms with Crippen LogP contribution in [0.4, 0.5) is 26.1 Å². The molecule has 0 radical (unpaired) electrons. The van der Waals surface area contributed by atoms with Gasteiger partial charge in [0.15, 0.2) is 5.88 Å². The van der Waals surface area contributed by atoms with Crippen LogP contribution in [0.5, 0.6) is 5.88 Å². The predicted octanol–water partition coefficient (Wildman–Crippen LogP) is -0.961. The normalized spacial score (nSPS) is 11.9. The first-order chi connectivity index (χ1) is 6.70. The van der Waals surface area contributed by atoms with Gasteiger partial charge in [-0.3, -0.25) is 0 Å². The van der Waals surface area contributed by atoms with Crippen molar-refractivity contribution in [2.45, 2.75) is 6.36 Å². The van der Waals surface area contributed by atoms with Crippen LogP contribution in [-0.4, -0.2) is 18.3 Å². The van der Waals surface area contributed by atoms with Gasteiger partial charge in [0, 0.05) is 6.20 Å². The summed E-state index contributed by atoms with van der Waals surface area (Å²) in [7, 11) is 0. The number of rotatable bonds is 2. The molecule has 10 heteroatoms. The maximum absolute atomic E-state index is 12.2. The molecule has 0 saturated carbocycles. The fourth-order valence-corrected chi connectivity index (χ4v) is 0.847. The summed E-state index contributed by atoms with van der Waals surface area (Å²) in [5, 5.41) is 0. The van der Waals surface area contributed by atoms with E-state index in [2.05, 4.69) is 9.72 Å². The zero-order chi connectivity index (χ0) is 11.7. The van der Waals surface area contributed by atoms with Gasteiger partial charge >= 0.3 is 64.7 Å². The van der Waals surface area contributed by atoms with Gasteiger partial charge in [0.05, 0.1) is 0 Å². The molecule has 0 atom stereocenters. The van der Waals surface area contributed by atoms with Crippen molar-refractivity contribution in [3.8, 4) is 5.88 Å². The van der Waals surface area contributed by atoms with E-state index in [-0.39, 0.29) is 51.4 Å². The topological polar surface area (TPSA) is 22.1 Å². The van der Waals surface area contributed by atoms with Crippen LogP contribution >= 0.6 is 0 Å². The monoisotopic (exact) mass is 269 g/mol. The van der Waals surface area contributed by atoms with Crippen molar-refractivity contribution in [2.24, 2.45) is 0 Å². The molecule has 0 spiro atoms. The molecule has 0 aliphatic heterocycles. The minimum Gasteiger partial charge on any atom is -0.445 e. The molecular weight excluding hydrogens is 266 g/mol. The molecule has 1 rings (SSSR count). The number of ether oxygens (including phenoxy) is 1. The molecule has 0 aromatic carbocycles. The number of hydrogen-bond acceptors (Lipinski definition) is 2. The molecular formula is C6H3BF6KNO. The number of nitrogens with zero attached hydrogens (tertiary/aromatic N) is 1. The van der Waals surface area contributed by atoms with Crippen LogP contribution in [0.15, 0.2) is 18.3 Å². The third kappa shape index (κ3) is 5.04. The number of aromatic nitrogens is 1. The van der Waals surface area contributed by atoms with E-state index >= 15 is 0 Å². The summed E-state index contributed by atoms with van der Waals surface area (Å²) in [4.78, 5) is 2.88. The first-order valence-electron chi connectivity index (χ1n) is 3.61. The van der Waals surface area contributed by atoms with Crippen molar-refractivity contribution in [1.29, 1.82) is 0 Å². The van der Waals surface area contributed by atoms with Crippen LogP contribution in [0.2, 0.25) is 0 Å². The Kier molecular flexibility index (Phi) is 5.80. The minimum absolute atomic E-state index is 0. The molecule has 0 fully saturated rings. The van der Waals surface area contributed by atoms with E-state index in [9.17, 15) is 26.1 Å². The van der Waals surface area contributed by atoms with Crippen LogP contribution < -0.4 is 61.6 Å². The van der Waals surface area contributed by atoms with E-state index in [1.165, 1.54) is 0 Å². The summed E-state index contributed by atoms with van der Waals surface area (Å²) < 4.78 is 74.8. The third-order valence-corrected chi connectivity index (χ3v) is 1.37. The smallest absolute Gasteiger partial charge is 0.445 e. The van der Waals surface area contributed by atoms with E-state index in [1.807, 2.05) is 0 Å². The van der Waals surface area contributed by atoms with Crippen molar-refractivity contribution in [1.82, 2.24) is 4.98 Å². The van der Waals surface area contributed by atoms with Gasteiger partial charge in [-0.25, -0.2) is 4.98 Å². The second-order valence-electron chi connectivity index (χ2n) is 2.52. The van der Waals surface area contributed by atoms with Crippen LogP contribution in [0, 0.1) is 0 Å². The standard InChI is InChI=1S/C6H3BF6NO.K/c8-6(9,10)15-5-4(7(11,12)13)2-1-3-14-5;/h1-3H;/q-1;+1. The molecule has 84 valence electrons. The van der Waals surface area contributed by atoms with Crippen molar-refractivity contribution < 1.29 is 82.2 Å². The summed E-state index contributed by atoms with van der Waals surface area (Å²) in [6.45, 7) is -5.58. The molecule has 0 bridgehead atoms. The first kappa shape index (κ1) is 16.2. The number of alkyl halides is 3. The Morgan fingerprint density at radius 3 is 2.19 bits per heavy atom. The van der Waals surface area contributed by atoms with Gasteiger partial charge in [0.25, 0.3) is 0 Å². The van der Waals surface area contributed by atoms with Gasteiger partial charge in [0.2, 0.25) is 0 Å². The average Bonchev–Trinajstić information content (AvgIpc) is 1.99. The molecule has 0 unspecified atom stereocenters. The van der Waals surface area contributed by atoms with Gasteiger partial charge in [-0.1, -0.05) is 6.07 Å². The van der Waals surface area contributed by atoms with Crippen LogP contribution in [0.1, 0.15) is 0 Å². The van der Waals surface area contributed by atoms with Crippen molar-refractivity contribution in [3.63, 3.8) is 0 Å². The third-order valence-electron chi connectivity index (χ3n) is 1.37. The molecule has 0 saturated heterocycles. The Morgan fingerprint density at radius 1 is 1.19 bits per heavy atom. The molecule has 1 aromatic rings. The Bertz CT molecular complexity index is 354. The Balaban J connectivity index is 0.00000225. The Hall–Kier alpha value is 0.231. The van der Waals surface area contributed by atoms with Crippen LogP contribution in [-0.2, 0) is 0 Å². The summed E-state index contributed by atoms with van der Waals surface area (Å²) in [6, 6.07) is 1.36. The van der Waals surface area contributed by atoms with Crippen molar-refractivity contribution in [3.05, 3.63) is 18.3 Å². The van der Waals surface area contributed by atoms with Gasteiger partial charge in [-0.2, -0.15) is 0 Å². The maximum Gasteiger partial charge on any atom is 1.00 e. The molecule has 1 heterocycles. The summed E-state index contributed by atoms with van der Waals surface area (Å²) >= 11 is 0. The molecule has 0 aliphatic carbocycles. The molecule has 1 aromatic heterocycles. The second-order valence-corrected chi connectivity index (χ2v) is 2.52. The predicted molar refractivity (Wildman–Crippen MR) is 39.6 cm³/mol. The van der Waals surface area contributed by atoms with Gasteiger partial charge in [-0.15, -0.1) is 13.2 Å². The zero-order valence-corrected chi connectivity index (χ0v) is 11.1. The number of hydrogen-bond donors (Lipinski definition) is 0.